The van der Waals surface area contributed by atoms with Gasteiger partial charge in [-0.1, -0.05) is 20.8 Å². The maximum absolute atomic E-state index is 11.6. The molecule has 0 spiro atoms. The third-order valence-corrected chi connectivity index (χ3v) is 1.65. The van der Waals surface area contributed by atoms with Crippen LogP contribution < -0.4 is 0 Å². The van der Waals surface area contributed by atoms with Crippen LogP contribution in [0.4, 0.5) is 0 Å². The lowest BCUT2D eigenvalue weighted by Gasteiger charge is -2.14. The average Bonchev–Trinajstić information content (AvgIpc) is 2.32. The summed E-state index contributed by atoms with van der Waals surface area (Å²) in [6.07, 6.45) is 3.35. The van der Waals surface area contributed by atoms with Crippen molar-refractivity contribution in [2.75, 3.05) is 0 Å². The van der Waals surface area contributed by atoms with Gasteiger partial charge in [-0.15, -0.1) is 0 Å². The van der Waals surface area contributed by atoms with Crippen molar-refractivity contribution < 1.29 is 4.79 Å². The molecule has 0 amide bonds. The summed E-state index contributed by atoms with van der Waals surface area (Å²) >= 11 is 0. The minimum atomic E-state index is -0.316. The van der Waals surface area contributed by atoms with Gasteiger partial charge in [0.15, 0.2) is 5.78 Å². The first-order valence-electron chi connectivity index (χ1n) is 3.95. The molecule has 0 unspecified atom stereocenters. The Morgan fingerprint density at radius 1 is 1.50 bits per heavy atom. The van der Waals surface area contributed by atoms with Gasteiger partial charge in [0, 0.05) is 18.7 Å². The molecule has 1 rings (SSSR count). The Kier molecular flexibility index (Phi) is 2.04. The number of carbonyl (C=O) groups is 1. The third-order valence-electron chi connectivity index (χ3n) is 1.65. The summed E-state index contributed by atoms with van der Waals surface area (Å²) in [5, 5.41) is 3.95. The van der Waals surface area contributed by atoms with Gasteiger partial charge in [0.25, 0.3) is 0 Å². The fourth-order valence-corrected chi connectivity index (χ4v) is 0.971. The second-order valence-corrected chi connectivity index (χ2v) is 3.98. The van der Waals surface area contributed by atoms with Crippen LogP contribution in [0.3, 0.4) is 0 Å². The van der Waals surface area contributed by atoms with Gasteiger partial charge in [-0.25, -0.2) is 0 Å². The van der Waals surface area contributed by atoms with Crippen molar-refractivity contribution in [3.8, 4) is 0 Å². The van der Waals surface area contributed by atoms with Crippen LogP contribution in [0, 0.1) is 5.41 Å². The van der Waals surface area contributed by atoms with Crippen molar-refractivity contribution in [1.29, 1.82) is 0 Å². The molecule has 0 radical (unpaired) electrons. The molecule has 3 nitrogen and oxygen atoms in total. The second kappa shape index (κ2) is 2.73. The monoisotopic (exact) mass is 166 g/mol. The van der Waals surface area contributed by atoms with Crippen molar-refractivity contribution in [2.24, 2.45) is 12.5 Å². The number of aromatic nitrogens is 2. The van der Waals surface area contributed by atoms with E-state index in [9.17, 15) is 4.79 Å². The summed E-state index contributed by atoms with van der Waals surface area (Å²) in [5.74, 6) is 0.135. The molecule has 0 saturated heterocycles. The lowest BCUT2D eigenvalue weighted by Crippen LogP contribution is -2.19. The van der Waals surface area contributed by atoms with Crippen LogP contribution in [0.2, 0.25) is 0 Å². The lowest BCUT2D eigenvalue weighted by atomic mass is 9.88. The van der Waals surface area contributed by atoms with Gasteiger partial charge in [0.2, 0.25) is 0 Å². The molecule has 1 heterocycles. The number of rotatable bonds is 1. The number of hydrogen-bond acceptors (Lipinski definition) is 2. The highest BCUT2D eigenvalue weighted by Crippen LogP contribution is 2.19. The zero-order valence-corrected chi connectivity index (χ0v) is 7.96. The zero-order valence-electron chi connectivity index (χ0n) is 7.96. The van der Waals surface area contributed by atoms with E-state index in [1.54, 1.807) is 24.1 Å². The van der Waals surface area contributed by atoms with E-state index in [0.29, 0.717) is 5.56 Å². The summed E-state index contributed by atoms with van der Waals surface area (Å²) in [7, 11) is 1.80. The molecule has 66 valence electrons. The largest absolute Gasteiger partial charge is 0.293 e. The molecular weight excluding hydrogens is 152 g/mol. The lowest BCUT2D eigenvalue weighted by molar-refractivity contribution is 0.0858. The molecule has 0 N–H and O–H groups in total. The average molecular weight is 166 g/mol. The number of ketones is 1. The van der Waals surface area contributed by atoms with Gasteiger partial charge < -0.3 is 0 Å². The first kappa shape index (κ1) is 8.97. The maximum Gasteiger partial charge on any atom is 0.171 e. The number of Topliss-reactive ketones (excluding diaryl/α,β-unsaturated/α-hetero) is 1. The SMILES string of the molecule is Cn1cc(C(=O)C(C)(C)C)cn1. The number of hydrogen-bond donors (Lipinski definition) is 0. The zero-order chi connectivity index (χ0) is 9.35. The Hall–Kier alpha value is -1.12. The van der Waals surface area contributed by atoms with E-state index in [1.165, 1.54) is 0 Å². The topological polar surface area (TPSA) is 34.9 Å². The molecule has 0 atom stereocenters. The first-order chi connectivity index (χ1) is 5.41. The molecule has 0 aliphatic rings. The van der Waals surface area contributed by atoms with Gasteiger partial charge >= 0.3 is 0 Å². The summed E-state index contributed by atoms with van der Waals surface area (Å²) < 4.78 is 1.64. The minimum Gasteiger partial charge on any atom is -0.293 e. The quantitative estimate of drug-likeness (QED) is 0.594. The van der Waals surface area contributed by atoms with Crippen LogP contribution >= 0.6 is 0 Å². The van der Waals surface area contributed by atoms with E-state index in [4.69, 9.17) is 0 Å². The third kappa shape index (κ3) is 1.72. The normalized spacial score (nSPS) is 11.7. The molecule has 1 aromatic rings. The van der Waals surface area contributed by atoms with Crippen LogP contribution in [0.1, 0.15) is 31.1 Å². The Morgan fingerprint density at radius 2 is 2.08 bits per heavy atom. The predicted octanol–water partition coefficient (Wildman–Crippen LogP) is 1.65. The minimum absolute atomic E-state index is 0.135. The Balaban J connectivity index is 2.93. The van der Waals surface area contributed by atoms with Crippen molar-refractivity contribution in [3.05, 3.63) is 18.0 Å². The fourth-order valence-electron chi connectivity index (χ4n) is 0.971. The van der Waals surface area contributed by atoms with Gasteiger partial charge in [-0.2, -0.15) is 5.10 Å². The smallest absolute Gasteiger partial charge is 0.171 e. The molecule has 12 heavy (non-hydrogen) atoms. The number of nitrogens with zero attached hydrogens (tertiary/aromatic N) is 2. The van der Waals surface area contributed by atoms with Crippen LogP contribution in [0.15, 0.2) is 12.4 Å². The molecule has 0 aliphatic carbocycles. The molecular formula is C9H14N2O. The molecule has 0 saturated carbocycles. The van der Waals surface area contributed by atoms with Crippen molar-refractivity contribution in [3.63, 3.8) is 0 Å². The number of carbonyl (C=O) groups excluding carboxylic acids is 1. The highest BCUT2D eigenvalue weighted by Gasteiger charge is 2.23. The van der Waals surface area contributed by atoms with Crippen LogP contribution in [0.25, 0.3) is 0 Å². The summed E-state index contributed by atoms with van der Waals surface area (Å²) in [4.78, 5) is 11.6. The summed E-state index contributed by atoms with van der Waals surface area (Å²) in [6, 6.07) is 0. The molecule has 3 heteroatoms. The summed E-state index contributed by atoms with van der Waals surface area (Å²) in [5.41, 5.74) is 0.369. The maximum atomic E-state index is 11.6. The van der Waals surface area contributed by atoms with Gasteiger partial charge in [0.1, 0.15) is 0 Å². The van der Waals surface area contributed by atoms with E-state index in [1.807, 2.05) is 20.8 Å². The predicted molar refractivity (Wildman–Crippen MR) is 47.0 cm³/mol. The highest BCUT2D eigenvalue weighted by atomic mass is 16.1. The Labute approximate surface area is 72.4 Å². The van der Waals surface area contributed by atoms with Gasteiger partial charge in [-0.3, -0.25) is 9.48 Å². The van der Waals surface area contributed by atoms with Crippen LogP contribution in [-0.4, -0.2) is 15.6 Å². The molecule has 0 aromatic carbocycles. The van der Waals surface area contributed by atoms with E-state index in [2.05, 4.69) is 5.10 Å². The fraction of sp³-hybridized carbons (Fsp3) is 0.556. The molecule has 1 aromatic heterocycles. The van der Waals surface area contributed by atoms with Gasteiger partial charge in [0.05, 0.1) is 11.8 Å². The first-order valence-corrected chi connectivity index (χ1v) is 3.95. The summed E-state index contributed by atoms with van der Waals surface area (Å²) in [6.45, 7) is 5.72. The van der Waals surface area contributed by atoms with Gasteiger partial charge in [-0.05, 0) is 0 Å². The molecule has 0 bridgehead atoms. The van der Waals surface area contributed by atoms with Crippen molar-refractivity contribution in [2.45, 2.75) is 20.8 Å². The van der Waals surface area contributed by atoms with Crippen molar-refractivity contribution >= 4 is 5.78 Å². The molecule has 0 fully saturated rings. The van der Waals surface area contributed by atoms with E-state index in [-0.39, 0.29) is 11.2 Å². The van der Waals surface area contributed by atoms with Crippen LogP contribution in [0.5, 0.6) is 0 Å². The van der Waals surface area contributed by atoms with Crippen molar-refractivity contribution in [1.82, 2.24) is 9.78 Å². The van der Waals surface area contributed by atoms with E-state index >= 15 is 0 Å². The standard InChI is InChI=1S/C9H14N2O/c1-9(2,3)8(12)7-5-10-11(4)6-7/h5-6H,1-4H3. The highest BCUT2D eigenvalue weighted by molar-refractivity contribution is 5.99. The van der Waals surface area contributed by atoms with Crippen LogP contribution in [-0.2, 0) is 7.05 Å². The van der Waals surface area contributed by atoms with E-state index < -0.39 is 0 Å². The van der Waals surface area contributed by atoms with E-state index in [0.717, 1.165) is 0 Å². The Morgan fingerprint density at radius 3 is 2.42 bits per heavy atom. The number of aryl methyl sites for hydroxylation is 1. The second-order valence-electron chi connectivity index (χ2n) is 3.98. The molecule has 0 aliphatic heterocycles. The Bertz CT molecular complexity index is 294.